The van der Waals surface area contributed by atoms with Crippen molar-refractivity contribution >= 4 is 5.96 Å². The molecule has 110 valence electrons. The predicted molar refractivity (Wildman–Crippen MR) is 82.6 cm³/mol. The number of benzene rings is 1. The number of hydrogen-bond donors (Lipinski definition) is 3. The van der Waals surface area contributed by atoms with E-state index in [9.17, 15) is 5.11 Å². The minimum absolute atomic E-state index is 0.324. The van der Waals surface area contributed by atoms with Gasteiger partial charge in [0.2, 0.25) is 0 Å². The summed E-state index contributed by atoms with van der Waals surface area (Å²) in [7, 11) is 0. The minimum atomic E-state index is -0.860. The zero-order valence-electron chi connectivity index (χ0n) is 12.4. The molecule has 0 saturated heterocycles. The third kappa shape index (κ3) is 3.51. The van der Waals surface area contributed by atoms with E-state index in [1.807, 2.05) is 18.2 Å². The molecule has 1 aromatic carbocycles. The molecule has 1 aliphatic rings. The van der Waals surface area contributed by atoms with E-state index in [1.165, 1.54) is 5.56 Å². The van der Waals surface area contributed by atoms with E-state index in [4.69, 9.17) is 5.73 Å². The fourth-order valence-electron chi connectivity index (χ4n) is 2.59. The molecule has 4 heteroatoms. The molecule has 0 fully saturated rings. The van der Waals surface area contributed by atoms with Crippen molar-refractivity contribution in [2.75, 3.05) is 13.1 Å². The van der Waals surface area contributed by atoms with Gasteiger partial charge in [-0.1, -0.05) is 38.1 Å². The van der Waals surface area contributed by atoms with Crippen molar-refractivity contribution in [3.05, 3.63) is 35.4 Å². The smallest absolute Gasteiger partial charge is 0.188 e. The van der Waals surface area contributed by atoms with E-state index in [0.29, 0.717) is 18.4 Å². The minimum Gasteiger partial charge on any atom is -0.383 e. The average Bonchev–Trinajstić information content (AvgIpc) is 2.75. The number of nitrogens with zero attached hydrogens (tertiary/aromatic N) is 1. The summed E-state index contributed by atoms with van der Waals surface area (Å²) in [5.74, 6) is 1.06. The van der Waals surface area contributed by atoms with Gasteiger partial charge in [-0.2, -0.15) is 0 Å². The van der Waals surface area contributed by atoms with Gasteiger partial charge in [0.25, 0.3) is 0 Å². The van der Waals surface area contributed by atoms with Gasteiger partial charge in [-0.3, -0.25) is 4.99 Å². The van der Waals surface area contributed by atoms with Crippen molar-refractivity contribution in [3.8, 4) is 0 Å². The van der Waals surface area contributed by atoms with Gasteiger partial charge >= 0.3 is 0 Å². The summed E-state index contributed by atoms with van der Waals surface area (Å²) in [6.45, 7) is 5.49. The summed E-state index contributed by atoms with van der Waals surface area (Å²) in [5.41, 5.74) is 7.20. The van der Waals surface area contributed by atoms with Gasteiger partial charge in [-0.25, -0.2) is 0 Å². The summed E-state index contributed by atoms with van der Waals surface area (Å²) in [4.78, 5) is 4.31. The third-order valence-electron chi connectivity index (χ3n) is 3.87. The van der Waals surface area contributed by atoms with E-state index in [-0.39, 0.29) is 0 Å². The fraction of sp³-hybridized carbons (Fsp3) is 0.562. The molecular weight excluding hydrogens is 250 g/mol. The highest BCUT2D eigenvalue weighted by Gasteiger charge is 2.36. The highest BCUT2D eigenvalue weighted by molar-refractivity contribution is 5.77. The molecule has 4 N–H and O–H groups in total. The molecule has 1 unspecified atom stereocenters. The Balaban J connectivity index is 1.93. The molecule has 4 nitrogen and oxygen atoms in total. The molecule has 1 aromatic rings. The highest BCUT2D eigenvalue weighted by atomic mass is 16.3. The second-order valence-corrected chi connectivity index (χ2v) is 6.00. The number of aliphatic hydroxyl groups is 1. The van der Waals surface area contributed by atoms with Gasteiger partial charge in [0.15, 0.2) is 5.96 Å². The highest BCUT2D eigenvalue weighted by Crippen LogP contribution is 2.36. The number of guanidine groups is 1. The van der Waals surface area contributed by atoms with Crippen LogP contribution in [0.15, 0.2) is 29.3 Å². The van der Waals surface area contributed by atoms with Crippen LogP contribution in [-0.4, -0.2) is 24.2 Å². The Kier molecular flexibility index (Phi) is 4.65. The number of hydrogen-bond acceptors (Lipinski definition) is 2. The first-order valence-corrected chi connectivity index (χ1v) is 7.36. The Hall–Kier alpha value is -1.55. The van der Waals surface area contributed by atoms with Crippen LogP contribution in [0.5, 0.6) is 0 Å². The first kappa shape index (κ1) is 14.9. The molecular formula is C16H25N3O. The zero-order valence-corrected chi connectivity index (χ0v) is 12.4. The van der Waals surface area contributed by atoms with E-state index in [2.05, 4.69) is 30.2 Å². The molecule has 0 spiro atoms. The maximum Gasteiger partial charge on any atom is 0.188 e. The number of aryl methyl sites for hydroxylation is 1. The molecule has 1 aliphatic carbocycles. The third-order valence-corrected chi connectivity index (χ3v) is 3.87. The summed E-state index contributed by atoms with van der Waals surface area (Å²) in [5, 5.41) is 13.8. The maximum atomic E-state index is 10.7. The summed E-state index contributed by atoms with van der Waals surface area (Å²) >= 11 is 0. The van der Waals surface area contributed by atoms with Crippen molar-refractivity contribution in [3.63, 3.8) is 0 Å². The van der Waals surface area contributed by atoms with Crippen LogP contribution in [-0.2, 0) is 12.0 Å². The van der Waals surface area contributed by atoms with Gasteiger partial charge in [0.05, 0.1) is 6.54 Å². The molecule has 1 atom stereocenters. The maximum absolute atomic E-state index is 10.7. The van der Waals surface area contributed by atoms with Crippen LogP contribution in [0.3, 0.4) is 0 Å². The van der Waals surface area contributed by atoms with Crippen LogP contribution in [0.2, 0.25) is 0 Å². The fourth-order valence-corrected chi connectivity index (χ4v) is 2.59. The molecule has 0 aromatic heterocycles. The summed E-state index contributed by atoms with van der Waals surface area (Å²) < 4.78 is 0. The number of rotatable bonds is 5. The Morgan fingerprint density at radius 2 is 2.20 bits per heavy atom. The van der Waals surface area contributed by atoms with Crippen LogP contribution in [0.25, 0.3) is 0 Å². The van der Waals surface area contributed by atoms with Crippen LogP contribution < -0.4 is 11.1 Å². The Morgan fingerprint density at radius 3 is 2.95 bits per heavy atom. The van der Waals surface area contributed by atoms with E-state index < -0.39 is 5.60 Å². The second kappa shape index (κ2) is 6.27. The molecule has 0 bridgehead atoms. The van der Waals surface area contributed by atoms with Crippen LogP contribution in [0, 0.1) is 5.92 Å². The monoisotopic (exact) mass is 275 g/mol. The Bertz CT molecular complexity index is 484. The van der Waals surface area contributed by atoms with Crippen LogP contribution in [0.4, 0.5) is 0 Å². The van der Waals surface area contributed by atoms with Gasteiger partial charge in [0.1, 0.15) is 5.60 Å². The topological polar surface area (TPSA) is 70.6 Å². The SMILES string of the molecule is CC(C)CCNC(N)=NCC1(O)CCc2ccccc21. The van der Waals surface area contributed by atoms with Gasteiger partial charge < -0.3 is 16.2 Å². The van der Waals surface area contributed by atoms with E-state index in [1.54, 1.807) is 0 Å². The van der Waals surface area contributed by atoms with Gasteiger partial charge in [0, 0.05) is 6.54 Å². The second-order valence-electron chi connectivity index (χ2n) is 6.00. The van der Waals surface area contributed by atoms with Crippen molar-refractivity contribution in [2.24, 2.45) is 16.6 Å². The lowest BCUT2D eigenvalue weighted by Gasteiger charge is -2.22. The normalized spacial score (nSPS) is 22.1. The molecule has 0 heterocycles. The lowest BCUT2D eigenvalue weighted by molar-refractivity contribution is 0.0486. The van der Waals surface area contributed by atoms with Gasteiger partial charge in [-0.15, -0.1) is 0 Å². The average molecular weight is 275 g/mol. The summed E-state index contributed by atoms with van der Waals surface area (Å²) in [6.07, 6.45) is 2.68. The number of fused-ring (bicyclic) bond motifs is 1. The number of aliphatic imine (C=N–C) groups is 1. The van der Waals surface area contributed by atoms with Crippen molar-refractivity contribution in [1.82, 2.24) is 5.32 Å². The first-order valence-electron chi connectivity index (χ1n) is 7.36. The predicted octanol–water partition coefficient (Wildman–Crippen LogP) is 1.77. The molecule has 0 amide bonds. The zero-order chi connectivity index (χ0) is 14.6. The number of nitrogens with one attached hydrogen (secondary N) is 1. The Labute approximate surface area is 121 Å². The molecule has 0 saturated carbocycles. The van der Waals surface area contributed by atoms with Crippen LogP contribution in [0.1, 0.15) is 37.8 Å². The molecule has 0 aliphatic heterocycles. The molecule has 2 rings (SSSR count). The standard InChI is InChI=1S/C16H25N3O/c1-12(2)8-10-18-15(17)19-11-16(20)9-7-13-5-3-4-6-14(13)16/h3-6,12,20H,7-11H2,1-2H3,(H3,17,18,19). The lowest BCUT2D eigenvalue weighted by Crippen LogP contribution is -2.35. The summed E-state index contributed by atoms with van der Waals surface area (Å²) in [6, 6.07) is 8.03. The largest absolute Gasteiger partial charge is 0.383 e. The Morgan fingerprint density at radius 1 is 1.45 bits per heavy atom. The van der Waals surface area contributed by atoms with Crippen molar-refractivity contribution in [2.45, 2.75) is 38.7 Å². The van der Waals surface area contributed by atoms with Crippen LogP contribution >= 0.6 is 0 Å². The first-order chi connectivity index (χ1) is 9.51. The van der Waals surface area contributed by atoms with E-state index in [0.717, 1.165) is 31.4 Å². The van der Waals surface area contributed by atoms with Gasteiger partial charge in [-0.05, 0) is 36.3 Å². The number of nitrogens with two attached hydrogens (primary N) is 1. The molecule has 20 heavy (non-hydrogen) atoms. The van der Waals surface area contributed by atoms with E-state index >= 15 is 0 Å². The molecule has 0 radical (unpaired) electrons. The van der Waals surface area contributed by atoms with Crippen molar-refractivity contribution in [1.29, 1.82) is 0 Å². The quantitative estimate of drug-likeness (QED) is 0.566. The van der Waals surface area contributed by atoms with Crippen molar-refractivity contribution < 1.29 is 5.11 Å². The lowest BCUT2D eigenvalue weighted by atomic mass is 9.96.